The molecule has 0 aliphatic rings. The number of hydrogen-bond acceptors (Lipinski definition) is 5. The van der Waals surface area contributed by atoms with Crippen LogP contribution in [-0.2, 0) is 6.54 Å². The summed E-state index contributed by atoms with van der Waals surface area (Å²) in [5.41, 5.74) is 8.70. The number of aryl methyl sites for hydroxylation is 1. The van der Waals surface area contributed by atoms with E-state index in [0.717, 1.165) is 5.56 Å². The molecule has 5 heteroatoms. The van der Waals surface area contributed by atoms with Gasteiger partial charge in [-0.15, -0.1) is 11.3 Å². The van der Waals surface area contributed by atoms with Crippen molar-refractivity contribution in [2.75, 3.05) is 11.1 Å². The number of nitrogens with two attached hydrogens (primary N) is 1. The second-order valence-corrected chi connectivity index (χ2v) is 5.07. The van der Waals surface area contributed by atoms with Gasteiger partial charge in [0.15, 0.2) is 0 Å². The summed E-state index contributed by atoms with van der Waals surface area (Å²) in [6.07, 6.45) is 0. The Labute approximate surface area is 115 Å². The highest BCUT2D eigenvalue weighted by molar-refractivity contribution is 7.17. The van der Waals surface area contributed by atoms with Gasteiger partial charge in [0, 0.05) is 6.54 Å². The Balaban J connectivity index is 2.24. The van der Waals surface area contributed by atoms with Crippen LogP contribution < -0.4 is 11.1 Å². The Bertz CT molecular complexity index is 688. The third kappa shape index (κ3) is 2.52. The van der Waals surface area contributed by atoms with Gasteiger partial charge in [0.2, 0.25) is 0 Å². The first-order valence-corrected chi connectivity index (χ1v) is 6.50. The number of nitrogen functional groups attached to an aromatic ring is 1. The van der Waals surface area contributed by atoms with Gasteiger partial charge in [0.25, 0.3) is 0 Å². The molecule has 1 aromatic carbocycles. The molecule has 19 heavy (non-hydrogen) atoms. The van der Waals surface area contributed by atoms with E-state index in [2.05, 4.69) is 5.32 Å². The lowest BCUT2D eigenvalue weighted by Gasteiger charge is -2.07. The fourth-order valence-corrected chi connectivity index (χ4v) is 2.61. The average Bonchev–Trinajstić information content (AvgIpc) is 2.73. The summed E-state index contributed by atoms with van der Waals surface area (Å²) >= 11 is 1.22. The predicted octanol–water partition coefficient (Wildman–Crippen LogP) is 2.99. The molecular weight excluding hydrogens is 256 g/mol. The Morgan fingerprint density at radius 3 is 2.63 bits per heavy atom. The minimum Gasteiger partial charge on any atom is -0.396 e. The summed E-state index contributed by atoms with van der Waals surface area (Å²) in [5.74, 6) is 0. The van der Waals surface area contributed by atoms with Crippen LogP contribution in [0.2, 0.25) is 0 Å². The van der Waals surface area contributed by atoms with Gasteiger partial charge in [-0.25, -0.2) is 0 Å². The minimum atomic E-state index is 0.266. The first-order chi connectivity index (χ1) is 9.17. The highest BCUT2D eigenvalue weighted by Gasteiger charge is 2.15. The van der Waals surface area contributed by atoms with Gasteiger partial charge in [0.05, 0.1) is 5.69 Å². The smallest absolute Gasteiger partial charge is 0.131 e. The molecule has 0 saturated carbocycles. The quantitative estimate of drug-likeness (QED) is 0.896. The highest BCUT2D eigenvalue weighted by Crippen LogP contribution is 2.34. The van der Waals surface area contributed by atoms with Crippen molar-refractivity contribution in [2.24, 2.45) is 0 Å². The minimum absolute atomic E-state index is 0.266. The number of nitrogens with one attached hydrogen (secondary N) is 1. The largest absolute Gasteiger partial charge is 0.396 e. The molecule has 1 aromatic heterocycles. The summed E-state index contributed by atoms with van der Waals surface area (Å²) in [7, 11) is 0. The SMILES string of the molecule is Cc1ccccc1CNc1sc(C#N)c(N)c1C#N. The maximum absolute atomic E-state index is 9.09. The second kappa shape index (κ2) is 5.43. The first-order valence-electron chi connectivity index (χ1n) is 5.68. The molecule has 0 aliphatic heterocycles. The molecule has 0 unspecified atom stereocenters. The fraction of sp³-hybridized carbons (Fsp3) is 0.143. The average molecular weight is 268 g/mol. The number of thiophene rings is 1. The van der Waals surface area contributed by atoms with E-state index in [1.165, 1.54) is 16.9 Å². The molecule has 0 fully saturated rings. The molecule has 0 saturated heterocycles. The molecule has 4 nitrogen and oxygen atoms in total. The monoisotopic (exact) mass is 268 g/mol. The van der Waals surface area contributed by atoms with Crippen molar-refractivity contribution in [1.82, 2.24) is 0 Å². The van der Waals surface area contributed by atoms with Crippen molar-refractivity contribution >= 4 is 22.0 Å². The zero-order valence-electron chi connectivity index (χ0n) is 10.4. The number of hydrogen-bond donors (Lipinski definition) is 2. The highest BCUT2D eigenvalue weighted by atomic mass is 32.1. The summed E-state index contributed by atoms with van der Waals surface area (Å²) in [5, 5.41) is 21.8. The number of rotatable bonds is 3. The predicted molar refractivity (Wildman–Crippen MR) is 76.7 cm³/mol. The Hall–Kier alpha value is -2.50. The molecular formula is C14H12N4S. The van der Waals surface area contributed by atoms with E-state index in [9.17, 15) is 0 Å². The third-order valence-electron chi connectivity index (χ3n) is 2.86. The van der Waals surface area contributed by atoms with E-state index in [4.69, 9.17) is 16.3 Å². The summed E-state index contributed by atoms with van der Waals surface area (Å²) in [6.45, 7) is 2.64. The molecule has 0 spiro atoms. The lowest BCUT2D eigenvalue weighted by atomic mass is 10.1. The van der Waals surface area contributed by atoms with Crippen LogP contribution in [0.25, 0.3) is 0 Å². The molecule has 2 aromatic rings. The lowest BCUT2D eigenvalue weighted by Crippen LogP contribution is -2.01. The second-order valence-electron chi connectivity index (χ2n) is 4.05. The number of nitriles is 2. The Morgan fingerprint density at radius 1 is 1.26 bits per heavy atom. The van der Waals surface area contributed by atoms with Gasteiger partial charge in [-0.2, -0.15) is 10.5 Å². The van der Waals surface area contributed by atoms with Crippen molar-refractivity contribution in [2.45, 2.75) is 13.5 Å². The zero-order chi connectivity index (χ0) is 13.8. The van der Waals surface area contributed by atoms with Gasteiger partial charge in [0.1, 0.15) is 27.6 Å². The first kappa shape index (κ1) is 12.9. The Morgan fingerprint density at radius 2 is 2.00 bits per heavy atom. The van der Waals surface area contributed by atoms with Crippen LogP contribution in [0, 0.1) is 29.6 Å². The lowest BCUT2D eigenvalue weighted by molar-refractivity contribution is 1.13. The van der Waals surface area contributed by atoms with Crippen LogP contribution in [0.4, 0.5) is 10.7 Å². The van der Waals surface area contributed by atoms with E-state index >= 15 is 0 Å². The summed E-state index contributed by atoms with van der Waals surface area (Å²) in [6, 6.07) is 12.1. The van der Waals surface area contributed by atoms with Crippen LogP contribution in [0.3, 0.4) is 0 Å². The number of benzene rings is 1. The molecule has 2 rings (SSSR count). The fourth-order valence-electron chi connectivity index (χ4n) is 1.75. The van der Waals surface area contributed by atoms with Crippen molar-refractivity contribution in [3.05, 3.63) is 45.8 Å². The van der Waals surface area contributed by atoms with E-state index < -0.39 is 0 Å². The Kier molecular flexibility index (Phi) is 3.70. The zero-order valence-corrected chi connectivity index (χ0v) is 11.2. The van der Waals surface area contributed by atoms with Crippen molar-refractivity contribution < 1.29 is 0 Å². The topological polar surface area (TPSA) is 85.6 Å². The van der Waals surface area contributed by atoms with Crippen molar-refractivity contribution in [1.29, 1.82) is 10.5 Å². The molecule has 1 heterocycles. The van der Waals surface area contributed by atoms with Crippen LogP contribution in [-0.4, -0.2) is 0 Å². The van der Waals surface area contributed by atoms with Crippen LogP contribution in [0.1, 0.15) is 21.6 Å². The molecule has 94 valence electrons. The normalized spacial score (nSPS) is 9.63. The summed E-state index contributed by atoms with van der Waals surface area (Å²) in [4.78, 5) is 0.379. The molecule has 3 N–H and O–H groups in total. The maximum Gasteiger partial charge on any atom is 0.131 e. The third-order valence-corrected chi connectivity index (χ3v) is 3.93. The van der Waals surface area contributed by atoms with Crippen molar-refractivity contribution in [3.8, 4) is 12.1 Å². The van der Waals surface area contributed by atoms with E-state index in [-0.39, 0.29) is 5.69 Å². The standard InChI is InChI=1S/C14H12N4S/c1-9-4-2-3-5-10(9)8-18-14-11(6-15)13(17)12(7-16)19-14/h2-5,18H,8,17H2,1H3. The van der Waals surface area contributed by atoms with Crippen molar-refractivity contribution in [3.63, 3.8) is 0 Å². The van der Waals surface area contributed by atoms with Gasteiger partial charge in [-0.3, -0.25) is 0 Å². The van der Waals surface area contributed by atoms with Gasteiger partial charge in [-0.05, 0) is 18.1 Å². The van der Waals surface area contributed by atoms with E-state index in [0.29, 0.717) is 22.0 Å². The number of nitrogens with zero attached hydrogens (tertiary/aromatic N) is 2. The van der Waals surface area contributed by atoms with Gasteiger partial charge in [-0.1, -0.05) is 24.3 Å². The number of anilines is 2. The molecule has 0 bridgehead atoms. The maximum atomic E-state index is 9.09. The van der Waals surface area contributed by atoms with Crippen LogP contribution >= 0.6 is 11.3 Å². The molecule has 0 radical (unpaired) electrons. The van der Waals surface area contributed by atoms with Crippen LogP contribution in [0.5, 0.6) is 0 Å². The van der Waals surface area contributed by atoms with E-state index in [1.54, 1.807) is 0 Å². The van der Waals surface area contributed by atoms with Gasteiger partial charge >= 0.3 is 0 Å². The molecule has 0 atom stereocenters. The van der Waals surface area contributed by atoms with Crippen LogP contribution in [0.15, 0.2) is 24.3 Å². The molecule has 0 aliphatic carbocycles. The molecule has 0 amide bonds. The van der Waals surface area contributed by atoms with E-state index in [1.807, 2.05) is 43.3 Å². The summed E-state index contributed by atoms with van der Waals surface area (Å²) < 4.78 is 0. The van der Waals surface area contributed by atoms with Gasteiger partial charge < -0.3 is 11.1 Å².